The first-order valence-corrected chi connectivity index (χ1v) is 11.9. The molecule has 1 aliphatic rings. The number of hydrogen-bond acceptors (Lipinski definition) is 7. The van der Waals surface area contributed by atoms with Crippen LogP contribution in [0.15, 0.2) is 53.5 Å². The zero-order valence-corrected chi connectivity index (χ0v) is 21.1. The van der Waals surface area contributed by atoms with Crippen LogP contribution in [0.25, 0.3) is 0 Å². The summed E-state index contributed by atoms with van der Waals surface area (Å²) in [6.45, 7) is -0.0894. The normalized spacial score (nSPS) is 12.9. The Morgan fingerprint density at radius 2 is 1.77 bits per heavy atom. The molecule has 1 N–H and O–H groups in total. The molecule has 0 atom stereocenters. The molecule has 39 heavy (non-hydrogen) atoms. The third-order valence-corrected chi connectivity index (χ3v) is 6.29. The summed E-state index contributed by atoms with van der Waals surface area (Å²) in [7, 11) is 2.90. The number of methoxy groups -OCH3 is 2. The van der Waals surface area contributed by atoms with E-state index < -0.39 is 51.7 Å². The van der Waals surface area contributed by atoms with Crippen molar-refractivity contribution in [1.29, 1.82) is 0 Å². The number of aromatic hydroxyl groups is 1. The van der Waals surface area contributed by atoms with E-state index in [0.717, 1.165) is 21.9 Å². The van der Waals surface area contributed by atoms with Crippen molar-refractivity contribution in [3.05, 3.63) is 92.9 Å². The molecule has 12 heteroatoms. The number of hydrogen-bond donors (Lipinski definition) is 1. The molecule has 204 valence electrons. The van der Waals surface area contributed by atoms with E-state index in [2.05, 4.69) is 0 Å². The van der Waals surface area contributed by atoms with Crippen molar-refractivity contribution < 1.29 is 37.7 Å². The van der Waals surface area contributed by atoms with Gasteiger partial charge in [0.2, 0.25) is 5.43 Å². The number of halogens is 2. The molecule has 10 nitrogen and oxygen atoms in total. The lowest BCUT2D eigenvalue weighted by Crippen LogP contribution is -2.57. The van der Waals surface area contributed by atoms with E-state index >= 15 is 0 Å². The van der Waals surface area contributed by atoms with Crippen LogP contribution in [0.3, 0.4) is 0 Å². The Morgan fingerprint density at radius 1 is 1.05 bits per heavy atom. The van der Waals surface area contributed by atoms with Gasteiger partial charge in [-0.1, -0.05) is 6.07 Å². The first-order chi connectivity index (χ1) is 18.7. The van der Waals surface area contributed by atoms with Gasteiger partial charge in [0.15, 0.2) is 17.2 Å². The van der Waals surface area contributed by atoms with Gasteiger partial charge in [0.1, 0.15) is 24.1 Å². The molecule has 0 saturated heterocycles. The van der Waals surface area contributed by atoms with Crippen LogP contribution in [-0.4, -0.2) is 66.3 Å². The molecule has 0 fully saturated rings. The fourth-order valence-electron chi connectivity index (χ4n) is 4.15. The average molecular weight is 542 g/mol. The second-order valence-electron chi connectivity index (χ2n) is 8.71. The Labute approximate surface area is 221 Å². The number of pyridine rings is 1. The van der Waals surface area contributed by atoms with Crippen LogP contribution in [-0.2, 0) is 11.2 Å². The Balaban J connectivity index is 1.74. The first-order valence-electron chi connectivity index (χ1n) is 11.9. The van der Waals surface area contributed by atoms with Crippen LogP contribution in [0, 0.1) is 11.6 Å². The maximum absolute atomic E-state index is 14.0. The minimum atomic E-state index is -1.11. The highest BCUT2D eigenvalue weighted by molar-refractivity contribution is 6.06. The third-order valence-electron chi connectivity index (χ3n) is 6.29. The summed E-state index contributed by atoms with van der Waals surface area (Å²) in [4.78, 5) is 53.9. The van der Waals surface area contributed by atoms with Crippen LogP contribution in [0.1, 0.15) is 43.2 Å². The van der Waals surface area contributed by atoms with E-state index in [1.54, 1.807) is 12.1 Å². The van der Waals surface area contributed by atoms with E-state index in [-0.39, 0.29) is 43.8 Å². The molecule has 0 saturated carbocycles. The SMILES string of the molecule is COCCN1CN(C(=O)c2ccc(OC)cc2)n2cc(C(=O)CCc3ccc(F)cc3F)c(=O)c(O)c2C1=O. The molecule has 0 aliphatic carbocycles. The van der Waals surface area contributed by atoms with Gasteiger partial charge in [-0.3, -0.25) is 19.2 Å². The number of carbonyl (C=O) groups excluding carboxylic acids is 3. The molecule has 0 bridgehead atoms. The van der Waals surface area contributed by atoms with Crippen LogP contribution in [0.2, 0.25) is 0 Å². The maximum atomic E-state index is 14.0. The third kappa shape index (κ3) is 5.50. The lowest BCUT2D eigenvalue weighted by Gasteiger charge is -2.38. The highest BCUT2D eigenvalue weighted by Gasteiger charge is 2.37. The van der Waals surface area contributed by atoms with Crippen molar-refractivity contribution in [2.75, 3.05) is 39.0 Å². The van der Waals surface area contributed by atoms with Gasteiger partial charge in [-0.2, -0.15) is 0 Å². The summed E-state index contributed by atoms with van der Waals surface area (Å²) < 4.78 is 38.4. The Hall–Kier alpha value is -4.58. The predicted octanol–water partition coefficient (Wildman–Crippen LogP) is 2.49. The minimum absolute atomic E-state index is 0.0548. The summed E-state index contributed by atoms with van der Waals surface area (Å²) >= 11 is 0. The highest BCUT2D eigenvalue weighted by atomic mass is 19.1. The predicted molar refractivity (Wildman–Crippen MR) is 135 cm³/mol. The van der Waals surface area contributed by atoms with E-state index in [0.29, 0.717) is 11.8 Å². The molecular formula is C27H25F2N3O7. The first kappa shape index (κ1) is 27.5. The highest BCUT2D eigenvalue weighted by Crippen LogP contribution is 2.24. The molecule has 2 heterocycles. The second kappa shape index (κ2) is 11.4. The number of aromatic nitrogens is 1. The van der Waals surface area contributed by atoms with E-state index in [9.17, 15) is 33.1 Å². The lowest BCUT2D eigenvalue weighted by atomic mass is 10.0. The number of carbonyl (C=O) groups is 3. The Morgan fingerprint density at radius 3 is 2.41 bits per heavy atom. The van der Waals surface area contributed by atoms with Gasteiger partial charge in [0.05, 0.1) is 19.3 Å². The van der Waals surface area contributed by atoms with Crippen molar-refractivity contribution in [3.8, 4) is 11.5 Å². The topological polar surface area (TPSA) is 118 Å². The molecule has 0 spiro atoms. The number of aryl methyl sites for hydroxylation is 1. The largest absolute Gasteiger partial charge is 0.502 e. The minimum Gasteiger partial charge on any atom is -0.502 e. The molecular weight excluding hydrogens is 516 g/mol. The number of nitrogens with zero attached hydrogens (tertiary/aromatic N) is 3. The van der Waals surface area contributed by atoms with Crippen LogP contribution in [0.5, 0.6) is 11.5 Å². The smallest absolute Gasteiger partial charge is 0.278 e. The quantitative estimate of drug-likeness (QED) is 0.414. The Kier molecular flexibility index (Phi) is 8.05. The number of rotatable bonds is 9. The van der Waals surface area contributed by atoms with Gasteiger partial charge in [0, 0.05) is 37.9 Å². The number of ketones is 1. The lowest BCUT2D eigenvalue weighted by molar-refractivity contribution is 0.0603. The number of fused-ring (bicyclic) bond motifs is 1. The summed E-state index contributed by atoms with van der Waals surface area (Å²) in [5.41, 5.74) is -1.83. The maximum Gasteiger partial charge on any atom is 0.278 e. The zero-order chi connectivity index (χ0) is 28.3. The average Bonchev–Trinajstić information content (AvgIpc) is 2.93. The molecule has 1 aliphatic heterocycles. The molecule has 0 unspecified atom stereocenters. The standard InChI is InChI=1S/C27H25F2N3O7/c1-38-12-11-30-15-32(26(36)17-4-8-19(39-2)9-5-17)31-14-20(24(34)25(35)23(31)27(30)37)22(33)10-6-16-3-7-18(28)13-21(16)29/h3-5,7-9,13-14,35H,6,10-12,15H2,1-2H3. The van der Waals surface area contributed by atoms with Crippen molar-refractivity contribution in [2.45, 2.75) is 12.8 Å². The van der Waals surface area contributed by atoms with Crippen molar-refractivity contribution >= 4 is 17.6 Å². The fraction of sp³-hybridized carbons (Fsp3) is 0.259. The van der Waals surface area contributed by atoms with Gasteiger partial charge in [-0.15, -0.1) is 0 Å². The fourth-order valence-corrected chi connectivity index (χ4v) is 4.15. The van der Waals surface area contributed by atoms with Crippen molar-refractivity contribution in [2.24, 2.45) is 0 Å². The Bertz CT molecular complexity index is 1490. The van der Waals surface area contributed by atoms with Crippen LogP contribution in [0.4, 0.5) is 8.78 Å². The van der Waals surface area contributed by atoms with Crippen LogP contribution < -0.4 is 15.2 Å². The van der Waals surface area contributed by atoms with Gasteiger partial charge < -0.3 is 19.5 Å². The number of benzene rings is 2. The molecule has 1 aromatic heterocycles. The van der Waals surface area contributed by atoms with Crippen molar-refractivity contribution in [3.63, 3.8) is 0 Å². The number of ether oxygens (including phenoxy) is 2. The van der Waals surface area contributed by atoms with Gasteiger partial charge in [-0.05, 0) is 42.3 Å². The van der Waals surface area contributed by atoms with Crippen molar-refractivity contribution in [1.82, 2.24) is 9.58 Å². The van der Waals surface area contributed by atoms with Gasteiger partial charge in [0.25, 0.3) is 11.8 Å². The molecule has 0 radical (unpaired) electrons. The summed E-state index contributed by atoms with van der Waals surface area (Å²) in [6.07, 6.45) is 0.524. The zero-order valence-electron chi connectivity index (χ0n) is 21.1. The van der Waals surface area contributed by atoms with E-state index in [1.807, 2.05) is 0 Å². The van der Waals surface area contributed by atoms with Gasteiger partial charge >= 0.3 is 0 Å². The van der Waals surface area contributed by atoms with Crippen LogP contribution >= 0.6 is 0 Å². The summed E-state index contributed by atoms with van der Waals surface area (Å²) in [5.74, 6) is -4.21. The monoisotopic (exact) mass is 541 g/mol. The molecule has 2 aromatic carbocycles. The number of Topliss-reactive ketones (excluding diaryl/α,β-unsaturated/α-hetero) is 1. The summed E-state index contributed by atoms with van der Waals surface area (Å²) in [5, 5.41) is 11.9. The van der Waals surface area contributed by atoms with Gasteiger partial charge in [-0.25, -0.2) is 18.5 Å². The second-order valence-corrected chi connectivity index (χ2v) is 8.71. The van der Waals surface area contributed by atoms with E-state index in [1.165, 1.54) is 37.3 Å². The number of amides is 2. The molecule has 2 amide bonds. The molecule has 4 rings (SSSR count). The molecule has 3 aromatic rings. The van der Waals surface area contributed by atoms with E-state index in [4.69, 9.17) is 9.47 Å². The summed E-state index contributed by atoms with van der Waals surface area (Å²) in [6, 6.07) is 9.06.